The molecule has 1 aliphatic heterocycles. The standard InChI is InChI=1S/C16H12N6O2/c17-14-12-13(21-22(14)10-4-2-1-3-5-10)11(15(23)20-16(12)24)6-9-7-18-8-19-9/h1-8H,17H2,(H,18,19)(H,20,23,24)/b11-6+. The molecule has 0 atom stereocenters. The van der Waals surface area contributed by atoms with Gasteiger partial charge in [0.15, 0.2) is 0 Å². The van der Waals surface area contributed by atoms with E-state index in [1.54, 1.807) is 12.3 Å². The Bertz CT molecular complexity index is 970. The number of benzene rings is 1. The van der Waals surface area contributed by atoms with E-state index in [9.17, 15) is 9.59 Å². The van der Waals surface area contributed by atoms with Gasteiger partial charge >= 0.3 is 0 Å². The average Bonchev–Trinajstić information content (AvgIpc) is 3.20. The third-order valence-corrected chi connectivity index (χ3v) is 3.69. The maximum absolute atomic E-state index is 12.2. The molecule has 0 fully saturated rings. The van der Waals surface area contributed by atoms with Crippen LogP contribution in [0.3, 0.4) is 0 Å². The Morgan fingerprint density at radius 3 is 2.62 bits per heavy atom. The van der Waals surface area contributed by atoms with Gasteiger partial charge in [0, 0.05) is 6.20 Å². The fourth-order valence-corrected chi connectivity index (χ4v) is 2.58. The van der Waals surface area contributed by atoms with Crippen molar-refractivity contribution in [2.45, 2.75) is 0 Å². The van der Waals surface area contributed by atoms with Crippen LogP contribution < -0.4 is 11.1 Å². The highest BCUT2D eigenvalue weighted by Gasteiger charge is 2.34. The second kappa shape index (κ2) is 5.20. The van der Waals surface area contributed by atoms with Crippen molar-refractivity contribution in [3.05, 3.63) is 59.8 Å². The minimum Gasteiger partial charge on any atom is -0.383 e. The van der Waals surface area contributed by atoms with Crippen molar-refractivity contribution in [3.8, 4) is 5.69 Å². The molecule has 0 aliphatic carbocycles. The molecule has 1 aromatic carbocycles. The van der Waals surface area contributed by atoms with Gasteiger partial charge < -0.3 is 10.7 Å². The molecule has 0 unspecified atom stereocenters. The smallest absolute Gasteiger partial charge is 0.264 e. The quantitative estimate of drug-likeness (QED) is 0.480. The molecule has 24 heavy (non-hydrogen) atoms. The van der Waals surface area contributed by atoms with Crippen LogP contribution in [0.4, 0.5) is 5.82 Å². The number of para-hydroxylation sites is 1. The van der Waals surface area contributed by atoms with Crippen molar-refractivity contribution in [2.75, 3.05) is 5.73 Å². The van der Waals surface area contributed by atoms with Crippen molar-refractivity contribution in [3.63, 3.8) is 0 Å². The second-order valence-corrected chi connectivity index (χ2v) is 5.19. The number of imidazole rings is 1. The fourth-order valence-electron chi connectivity index (χ4n) is 2.58. The third-order valence-electron chi connectivity index (χ3n) is 3.69. The van der Waals surface area contributed by atoms with Crippen molar-refractivity contribution < 1.29 is 9.59 Å². The summed E-state index contributed by atoms with van der Waals surface area (Å²) in [5.74, 6) is -0.920. The van der Waals surface area contributed by atoms with Gasteiger partial charge in [-0.15, -0.1) is 0 Å². The van der Waals surface area contributed by atoms with Crippen molar-refractivity contribution in [1.82, 2.24) is 25.1 Å². The largest absolute Gasteiger partial charge is 0.383 e. The van der Waals surface area contributed by atoms with E-state index in [0.29, 0.717) is 11.4 Å². The number of carbonyl (C=O) groups excluding carboxylic acids is 2. The summed E-state index contributed by atoms with van der Waals surface area (Å²) in [6.45, 7) is 0. The van der Waals surface area contributed by atoms with Gasteiger partial charge in [-0.1, -0.05) is 18.2 Å². The van der Waals surface area contributed by atoms with Crippen LogP contribution in [0, 0.1) is 0 Å². The summed E-state index contributed by atoms with van der Waals surface area (Å²) in [6, 6.07) is 9.15. The van der Waals surface area contributed by atoms with E-state index in [1.165, 1.54) is 11.0 Å². The number of carbonyl (C=O) groups is 2. The Morgan fingerprint density at radius 1 is 1.12 bits per heavy atom. The summed E-state index contributed by atoms with van der Waals surface area (Å²) in [5.41, 5.74) is 8.01. The van der Waals surface area contributed by atoms with Crippen molar-refractivity contribution in [2.24, 2.45) is 0 Å². The molecule has 4 N–H and O–H groups in total. The molecule has 3 heterocycles. The SMILES string of the molecule is Nc1c2c(nn1-c1ccccc1)/C(=C\c1c[nH]cn1)C(=O)NC2=O. The Morgan fingerprint density at radius 2 is 1.92 bits per heavy atom. The maximum Gasteiger partial charge on any atom is 0.264 e. The van der Waals surface area contributed by atoms with Gasteiger partial charge in [0.2, 0.25) is 0 Å². The normalized spacial score (nSPS) is 15.4. The summed E-state index contributed by atoms with van der Waals surface area (Å²) in [6.07, 6.45) is 4.68. The number of nitrogens with zero attached hydrogens (tertiary/aromatic N) is 3. The van der Waals surface area contributed by atoms with Gasteiger partial charge in [0.1, 0.15) is 17.1 Å². The summed E-state index contributed by atoms with van der Waals surface area (Å²) < 4.78 is 1.45. The minimum absolute atomic E-state index is 0.175. The van der Waals surface area contributed by atoms with Crippen LogP contribution >= 0.6 is 0 Å². The van der Waals surface area contributed by atoms with Gasteiger partial charge in [0.25, 0.3) is 11.8 Å². The van der Waals surface area contributed by atoms with Crippen molar-refractivity contribution in [1.29, 1.82) is 0 Å². The van der Waals surface area contributed by atoms with E-state index < -0.39 is 11.8 Å². The molecule has 4 rings (SSSR count). The predicted molar refractivity (Wildman–Crippen MR) is 86.9 cm³/mol. The molecule has 8 nitrogen and oxygen atoms in total. The van der Waals surface area contributed by atoms with E-state index in [0.717, 1.165) is 0 Å². The molecule has 1 aliphatic rings. The van der Waals surface area contributed by atoms with Crippen LogP contribution in [-0.2, 0) is 4.79 Å². The number of nitrogens with one attached hydrogen (secondary N) is 2. The third kappa shape index (κ3) is 2.09. The van der Waals surface area contributed by atoms with Crippen LogP contribution in [0.1, 0.15) is 21.7 Å². The van der Waals surface area contributed by atoms with E-state index in [4.69, 9.17) is 5.73 Å². The number of hydrogen-bond acceptors (Lipinski definition) is 5. The molecule has 0 saturated heterocycles. The summed E-state index contributed by atoms with van der Waals surface area (Å²) in [4.78, 5) is 31.3. The minimum atomic E-state index is -0.561. The zero-order chi connectivity index (χ0) is 16.7. The molecule has 118 valence electrons. The number of amides is 2. The van der Waals surface area contributed by atoms with E-state index in [1.807, 2.05) is 30.3 Å². The van der Waals surface area contributed by atoms with Gasteiger partial charge in [-0.25, -0.2) is 9.67 Å². The second-order valence-electron chi connectivity index (χ2n) is 5.19. The molecule has 0 saturated carbocycles. The summed E-state index contributed by atoms with van der Waals surface area (Å²) >= 11 is 0. The lowest BCUT2D eigenvalue weighted by Gasteiger charge is -2.13. The van der Waals surface area contributed by atoms with Crippen LogP contribution in [-0.4, -0.2) is 31.6 Å². The number of anilines is 1. The molecule has 3 aromatic rings. The first-order valence-electron chi connectivity index (χ1n) is 7.15. The summed E-state index contributed by atoms with van der Waals surface area (Å²) in [5, 5.41) is 6.67. The number of aromatic nitrogens is 4. The van der Waals surface area contributed by atoms with E-state index in [-0.39, 0.29) is 22.6 Å². The lowest BCUT2D eigenvalue weighted by Crippen LogP contribution is -2.36. The molecule has 8 heteroatoms. The molecular formula is C16H12N6O2. The molecule has 0 bridgehead atoms. The first-order chi connectivity index (χ1) is 11.6. The zero-order valence-corrected chi connectivity index (χ0v) is 12.4. The van der Waals surface area contributed by atoms with E-state index >= 15 is 0 Å². The fraction of sp³-hybridized carbons (Fsp3) is 0. The van der Waals surface area contributed by atoms with Crippen LogP contribution in [0.2, 0.25) is 0 Å². The molecule has 0 spiro atoms. The first kappa shape index (κ1) is 13.9. The van der Waals surface area contributed by atoms with Gasteiger partial charge in [-0.3, -0.25) is 14.9 Å². The highest BCUT2D eigenvalue weighted by molar-refractivity contribution is 6.34. The first-order valence-corrected chi connectivity index (χ1v) is 7.15. The number of H-pyrrole nitrogens is 1. The molecular weight excluding hydrogens is 308 g/mol. The van der Waals surface area contributed by atoms with Gasteiger partial charge in [-0.05, 0) is 18.2 Å². The van der Waals surface area contributed by atoms with Crippen molar-refractivity contribution >= 4 is 29.3 Å². The maximum atomic E-state index is 12.2. The predicted octanol–water partition coefficient (Wildman–Crippen LogP) is 0.988. The molecule has 2 amide bonds. The number of imide groups is 1. The number of rotatable bonds is 2. The van der Waals surface area contributed by atoms with Crippen LogP contribution in [0.25, 0.3) is 17.3 Å². The summed E-state index contributed by atoms with van der Waals surface area (Å²) in [7, 11) is 0. The number of nitrogens with two attached hydrogens (primary N) is 1. The van der Waals surface area contributed by atoms with Gasteiger partial charge in [-0.2, -0.15) is 5.10 Å². The highest BCUT2D eigenvalue weighted by Crippen LogP contribution is 2.30. The van der Waals surface area contributed by atoms with Crippen LogP contribution in [0.15, 0.2) is 42.9 Å². The number of hydrogen-bond donors (Lipinski definition) is 3. The topological polar surface area (TPSA) is 119 Å². The lowest BCUT2D eigenvalue weighted by molar-refractivity contribution is -0.114. The Balaban J connectivity index is 1.93. The monoisotopic (exact) mass is 320 g/mol. The average molecular weight is 320 g/mol. The van der Waals surface area contributed by atoms with Gasteiger partial charge in [0.05, 0.1) is 23.3 Å². The Hall–Kier alpha value is -3.68. The highest BCUT2D eigenvalue weighted by atomic mass is 16.2. The Kier molecular flexibility index (Phi) is 3.02. The number of fused-ring (bicyclic) bond motifs is 1. The Labute approximate surface area is 136 Å². The molecule has 2 aromatic heterocycles. The van der Waals surface area contributed by atoms with E-state index in [2.05, 4.69) is 20.4 Å². The molecule has 0 radical (unpaired) electrons. The number of aromatic amines is 1. The number of nitrogen functional groups attached to an aromatic ring is 1. The zero-order valence-electron chi connectivity index (χ0n) is 12.4. The lowest BCUT2D eigenvalue weighted by atomic mass is 10.0. The van der Waals surface area contributed by atoms with Crippen LogP contribution in [0.5, 0.6) is 0 Å².